The number of anilines is 3. The molecule has 0 saturated carbocycles. The van der Waals surface area contributed by atoms with E-state index >= 15 is 0 Å². The Kier molecular flexibility index (Phi) is 5.17. The molecular weight excluding hydrogens is 534 g/mol. The highest BCUT2D eigenvalue weighted by Gasteiger charge is 2.39. The van der Waals surface area contributed by atoms with Crippen molar-refractivity contribution in [2.45, 2.75) is 51.4 Å². The van der Waals surface area contributed by atoms with Gasteiger partial charge < -0.3 is 9.32 Å². The summed E-state index contributed by atoms with van der Waals surface area (Å²) in [6.45, 7) is 9.48. The third kappa shape index (κ3) is 3.37. The quantitative estimate of drug-likeness (QED) is 0.211. The van der Waals surface area contributed by atoms with Crippen molar-refractivity contribution >= 4 is 44.6 Å². The van der Waals surface area contributed by atoms with Crippen LogP contribution in [0.3, 0.4) is 0 Å². The van der Waals surface area contributed by atoms with Gasteiger partial charge in [0, 0.05) is 44.2 Å². The molecule has 0 atom stereocenters. The summed E-state index contributed by atoms with van der Waals surface area (Å²) in [4.78, 5) is 2.42. The lowest BCUT2D eigenvalue weighted by Gasteiger charge is -2.30. The van der Waals surface area contributed by atoms with Crippen LogP contribution in [0.1, 0.15) is 62.8 Å². The van der Waals surface area contributed by atoms with Gasteiger partial charge in [-0.3, -0.25) is 0 Å². The van der Waals surface area contributed by atoms with Crippen molar-refractivity contribution in [3.05, 3.63) is 143 Å². The smallest absolute Gasteiger partial charge is 0.143 e. The van der Waals surface area contributed by atoms with Crippen LogP contribution in [0.2, 0.25) is 0 Å². The normalized spacial score (nSPS) is 17.1. The largest absolute Gasteiger partial charge is 0.455 e. The van der Waals surface area contributed by atoms with Gasteiger partial charge >= 0.3 is 0 Å². The molecule has 0 amide bonds. The van der Waals surface area contributed by atoms with Crippen molar-refractivity contribution in [2.75, 3.05) is 4.90 Å². The van der Waals surface area contributed by atoms with E-state index in [-0.39, 0.29) is 10.8 Å². The van der Waals surface area contributed by atoms with Crippen LogP contribution >= 0.6 is 0 Å². The maximum absolute atomic E-state index is 6.61. The minimum Gasteiger partial charge on any atom is -0.455 e. The van der Waals surface area contributed by atoms with Crippen LogP contribution in [0.15, 0.2) is 125 Å². The standard InChI is InChI=1S/C42H35NO/c1-41(2)35-22-19-27(24-33(35)39-36(41)23-21-32-31-15-9-11-17-38(31)44-40(32)39)43(26-12-6-5-7-13-26)28-18-20-30-29-14-8-10-16-34(29)42(3,4)37(30)25-28/h5-9,11-15,17-25H,10,16H2,1-4H3. The fourth-order valence-electron chi connectivity index (χ4n) is 8.32. The van der Waals surface area contributed by atoms with Crippen molar-refractivity contribution in [2.24, 2.45) is 0 Å². The Morgan fingerprint density at radius 1 is 0.614 bits per heavy atom. The predicted octanol–water partition coefficient (Wildman–Crippen LogP) is 11.8. The van der Waals surface area contributed by atoms with Crippen LogP contribution in [0.5, 0.6) is 0 Å². The summed E-state index contributed by atoms with van der Waals surface area (Å²) in [6.07, 6.45) is 6.95. The van der Waals surface area contributed by atoms with Crippen LogP contribution in [0.25, 0.3) is 38.6 Å². The number of furan rings is 1. The number of hydrogen-bond donors (Lipinski definition) is 0. The fourth-order valence-corrected chi connectivity index (χ4v) is 8.32. The lowest BCUT2D eigenvalue weighted by molar-refractivity contribution is 0.607. The van der Waals surface area contributed by atoms with E-state index in [0.29, 0.717) is 0 Å². The zero-order valence-corrected chi connectivity index (χ0v) is 25.7. The molecule has 0 bridgehead atoms. The first kappa shape index (κ1) is 25.7. The second-order valence-corrected chi connectivity index (χ2v) is 13.7. The Hall–Kier alpha value is -4.82. The second kappa shape index (κ2) is 8.86. The van der Waals surface area contributed by atoms with Gasteiger partial charge in [0.05, 0.1) is 0 Å². The van der Waals surface area contributed by atoms with E-state index in [9.17, 15) is 0 Å². The maximum atomic E-state index is 6.61. The fraction of sp³-hybridized carbons (Fsp3) is 0.190. The van der Waals surface area contributed by atoms with Gasteiger partial charge in [-0.05, 0) is 88.7 Å². The Morgan fingerprint density at radius 2 is 1.36 bits per heavy atom. The van der Waals surface area contributed by atoms with Gasteiger partial charge in [-0.1, -0.05) is 106 Å². The molecule has 3 aliphatic rings. The third-order valence-corrected chi connectivity index (χ3v) is 10.6. The van der Waals surface area contributed by atoms with Gasteiger partial charge in [0.1, 0.15) is 11.2 Å². The van der Waals surface area contributed by atoms with E-state index in [1.54, 1.807) is 5.57 Å². The molecule has 5 aromatic carbocycles. The molecule has 0 N–H and O–H groups in total. The molecule has 0 spiro atoms. The molecule has 0 unspecified atom stereocenters. The predicted molar refractivity (Wildman–Crippen MR) is 184 cm³/mol. The highest BCUT2D eigenvalue weighted by Crippen LogP contribution is 2.55. The average Bonchev–Trinajstić information content (AvgIpc) is 3.61. The second-order valence-electron chi connectivity index (χ2n) is 13.7. The molecule has 44 heavy (non-hydrogen) atoms. The van der Waals surface area contributed by atoms with Crippen LogP contribution in [0, 0.1) is 0 Å². The Balaban J connectivity index is 1.26. The van der Waals surface area contributed by atoms with E-state index in [1.165, 1.54) is 55.4 Å². The number of nitrogens with zero attached hydrogens (tertiary/aromatic N) is 1. The van der Waals surface area contributed by atoms with Gasteiger partial charge in [-0.25, -0.2) is 0 Å². The molecule has 3 aliphatic carbocycles. The zero-order chi connectivity index (χ0) is 29.8. The number of fused-ring (bicyclic) bond motifs is 9. The van der Waals surface area contributed by atoms with Crippen molar-refractivity contribution in [3.8, 4) is 11.1 Å². The molecule has 1 aromatic heterocycles. The van der Waals surface area contributed by atoms with Crippen molar-refractivity contribution in [1.29, 1.82) is 0 Å². The molecular formula is C42H35NO. The summed E-state index contributed by atoms with van der Waals surface area (Å²) in [7, 11) is 0. The first-order chi connectivity index (χ1) is 21.3. The summed E-state index contributed by atoms with van der Waals surface area (Å²) < 4.78 is 6.61. The average molecular weight is 570 g/mol. The first-order valence-electron chi connectivity index (χ1n) is 15.8. The molecule has 6 aromatic rings. The van der Waals surface area contributed by atoms with Crippen LogP contribution in [-0.2, 0) is 10.8 Å². The molecule has 1 heterocycles. The molecule has 9 rings (SSSR count). The first-order valence-corrected chi connectivity index (χ1v) is 15.8. The molecule has 0 fully saturated rings. The van der Waals surface area contributed by atoms with Gasteiger partial charge in [-0.2, -0.15) is 0 Å². The van der Waals surface area contributed by atoms with Crippen molar-refractivity contribution in [1.82, 2.24) is 0 Å². The van der Waals surface area contributed by atoms with Crippen molar-refractivity contribution in [3.63, 3.8) is 0 Å². The molecule has 0 radical (unpaired) electrons. The molecule has 2 heteroatoms. The summed E-state index contributed by atoms with van der Waals surface area (Å²) in [6, 6.07) is 37.9. The minimum absolute atomic E-state index is 0.0155. The van der Waals surface area contributed by atoms with Gasteiger partial charge in [0.15, 0.2) is 0 Å². The SMILES string of the molecule is CC1(C)C2=C(C=CCC2)c2ccc(N(c3ccccc3)c3ccc4c(c3)-c3c(ccc5c3oc3ccccc35)C4(C)C)cc21. The summed E-state index contributed by atoms with van der Waals surface area (Å²) in [5.41, 5.74) is 16.3. The highest BCUT2D eigenvalue weighted by atomic mass is 16.3. The van der Waals surface area contributed by atoms with E-state index < -0.39 is 0 Å². The highest BCUT2D eigenvalue weighted by molar-refractivity contribution is 6.12. The Morgan fingerprint density at radius 3 is 2.23 bits per heavy atom. The van der Waals surface area contributed by atoms with Crippen LogP contribution < -0.4 is 4.90 Å². The van der Waals surface area contributed by atoms with Crippen LogP contribution in [0.4, 0.5) is 17.1 Å². The third-order valence-electron chi connectivity index (χ3n) is 10.6. The monoisotopic (exact) mass is 569 g/mol. The summed E-state index contributed by atoms with van der Waals surface area (Å²) in [5, 5.41) is 2.35. The van der Waals surface area contributed by atoms with E-state index in [2.05, 4.69) is 148 Å². The molecule has 0 aliphatic heterocycles. The summed E-state index contributed by atoms with van der Waals surface area (Å²) >= 11 is 0. The van der Waals surface area contributed by atoms with E-state index in [0.717, 1.165) is 35.4 Å². The Labute approximate surface area is 259 Å². The van der Waals surface area contributed by atoms with Crippen LogP contribution in [-0.4, -0.2) is 0 Å². The summed E-state index contributed by atoms with van der Waals surface area (Å²) in [5.74, 6) is 0. The van der Waals surface area contributed by atoms with E-state index in [1.807, 2.05) is 0 Å². The molecule has 2 nitrogen and oxygen atoms in total. The Bertz CT molecular complexity index is 2220. The number of rotatable bonds is 3. The minimum atomic E-state index is -0.121. The van der Waals surface area contributed by atoms with Gasteiger partial charge in [0.2, 0.25) is 0 Å². The van der Waals surface area contributed by atoms with Gasteiger partial charge in [-0.15, -0.1) is 0 Å². The number of hydrogen-bond acceptors (Lipinski definition) is 2. The number of allylic oxidation sites excluding steroid dienone is 4. The van der Waals surface area contributed by atoms with Crippen molar-refractivity contribution < 1.29 is 4.42 Å². The molecule has 214 valence electrons. The lowest BCUT2D eigenvalue weighted by atomic mass is 9.78. The topological polar surface area (TPSA) is 16.4 Å². The number of benzene rings is 5. The molecule has 0 saturated heterocycles. The lowest BCUT2D eigenvalue weighted by Crippen LogP contribution is -2.19. The van der Waals surface area contributed by atoms with Gasteiger partial charge in [0.25, 0.3) is 0 Å². The maximum Gasteiger partial charge on any atom is 0.143 e. The zero-order valence-electron chi connectivity index (χ0n) is 25.7. The number of para-hydroxylation sites is 2. The van der Waals surface area contributed by atoms with E-state index in [4.69, 9.17) is 4.42 Å².